The highest BCUT2D eigenvalue weighted by molar-refractivity contribution is 8.00. The first-order chi connectivity index (χ1) is 14.0. The molecule has 0 fully saturated rings. The number of carbonyl (C=O) groups is 1. The molecule has 0 aliphatic rings. The number of imidazole rings is 1. The highest BCUT2D eigenvalue weighted by atomic mass is 32.2. The van der Waals surface area contributed by atoms with Crippen LogP contribution in [0.15, 0.2) is 64.5 Å². The Kier molecular flexibility index (Phi) is 5.18. The summed E-state index contributed by atoms with van der Waals surface area (Å²) in [4.78, 5) is 38.4. The number of aromatic nitrogens is 4. The van der Waals surface area contributed by atoms with Crippen LogP contribution in [0.3, 0.4) is 0 Å². The number of H-pyrrole nitrogens is 2. The van der Waals surface area contributed by atoms with E-state index >= 15 is 0 Å². The van der Waals surface area contributed by atoms with Gasteiger partial charge in [-0.3, -0.25) is 4.79 Å². The minimum Gasteiger partial charge on any atom is -0.325 e. The second-order valence-electron chi connectivity index (χ2n) is 6.63. The van der Waals surface area contributed by atoms with Gasteiger partial charge in [0.05, 0.1) is 22.0 Å². The average Bonchev–Trinajstić information content (AvgIpc) is 3.07. The van der Waals surface area contributed by atoms with Gasteiger partial charge in [0.2, 0.25) is 5.91 Å². The van der Waals surface area contributed by atoms with Crippen molar-refractivity contribution in [2.24, 2.45) is 0 Å². The zero-order valence-corrected chi connectivity index (χ0v) is 16.7. The van der Waals surface area contributed by atoms with Crippen molar-refractivity contribution < 1.29 is 4.79 Å². The molecule has 0 saturated heterocycles. The molecule has 3 N–H and O–H groups in total. The van der Waals surface area contributed by atoms with Crippen molar-refractivity contribution in [2.45, 2.75) is 24.3 Å². The van der Waals surface area contributed by atoms with Crippen LogP contribution in [-0.2, 0) is 4.79 Å². The molecule has 0 radical (unpaired) electrons. The molecule has 0 aliphatic carbocycles. The maximum Gasteiger partial charge on any atom is 0.323 e. The normalized spacial score (nSPS) is 12.1. The Morgan fingerprint density at radius 1 is 1.03 bits per heavy atom. The van der Waals surface area contributed by atoms with Gasteiger partial charge in [0.25, 0.3) is 0 Å². The van der Waals surface area contributed by atoms with Crippen molar-refractivity contribution in [1.82, 2.24) is 19.9 Å². The van der Waals surface area contributed by atoms with Gasteiger partial charge in [-0.05, 0) is 38.1 Å². The Bertz CT molecular complexity index is 1230. The molecular formula is C21H19N5O2S. The van der Waals surface area contributed by atoms with Crippen LogP contribution in [0.2, 0.25) is 0 Å². The summed E-state index contributed by atoms with van der Waals surface area (Å²) in [7, 11) is 0. The van der Waals surface area contributed by atoms with Gasteiger partial charge in [0.1, 0.15) is 0 Å². The SMILES string of the molecule is Cc1cc(-c2ccccc2)nc(SC(C)C(=O)Nc2ccc3[nH]c(=O)[nH]c3c2)n1. The number of aryl methyl sites for hydroxylation is 1. The highest BCUT2D eigenvalue weighted by Gasteiger charge is 2.17. The predicted molar refractivity (Wildman–Crippen MR) is 115 cm³/mol. The molecule has 146 valence electrons. The lowest BCUT2D eigenvalue weighted by atomic mass is 10.1. The van der Waals surface area contributed by atoms with E-state index in [9.17, 15) is 9.59 Å². The van der Waals surface area contributed by atoms with Gasteiger partial charge in [0, 0.05) is 16.9 Å². The molecule has 0 spiro atoms. The van der Waals surface area contributed by atoms with Crippen LogP contribution in [0.1, 0.15) is 12.6 Å². The monoisotopic (exact) mass is 405 g/mol. The third-order valence-electron chi connectivity index (χ3n) is 4.34. The summed E-state index contributed by atoms with van der Waals surface area (Å²) < 4.78 is 0. The number of fused-ring (bicyclic) bond motifs is 1. The second kappa shape index (κ2) is 7.92. The van der Waals surface area contributed by atoms with E-state index in [0.717, 1.165) is 17.0 Å². The van der Waals surface area contributed by atoms with Crippen molar-refractivity contribution in [1.29, 1.82) is 0 Å². The van der Waals surface area contributed by atoms with Gasteiger partial charge >= 0.3 is 5.69 Å². The van der Waals surface area contributed by atoms with Crippen molar-refractivity contribution in [3.05, 3.63) is 70.8 Å². The fourth-order valence-corrected chi connectivity index (χ4v) is 3.75. The van der Waals surface area contributed by atoms with Crippen LogP contribution in [0, 0.1) is 6.92 Å². The Hall–Kier alpha value is -3.39. The summed E-state index contributed by atoms with van der Waals surface area (Å²) in [5.74, 6) is -0.168. The molecule has 4 aromatic rings. The standard InChI is InChI=1S/C21H19N5O2S/c1-12-10-17(14-6-4-3-5-7-14)26-21(22-12)29-13(2)19(27)23-15-8-9-16-18(11-15)25-20(28)24-16/h3-11,13H,1-2H3,(H,23,27)(H2,24,25,28). The number of benzene rings is 2. The van der Waals surface area contributed by atoms with Crippen LogP contribution in [0.25, 0.3) is 22.3 Å². The Morgan fingerprint density at radius 2 is 1.79 bits per heavy atom. The fourth-order valence-electron chi connectivity index (χ4n) is 2.92. The quantitative estimate of drug-likeness (QED) is 0.347. The van der Waals surface area contributed by atoms with Crippen molar-refractivity contribution >= 4 is 34.4 Å². The number of hydrogen-bond acceptors (Lipinski definition) is 5. The Morgan fingerprint density at radius 3 is 2.59 bits per heavy atom. The molecule has 0 bridgehead atoms. The number of carbonyl (C=O) groups excluding carboxylic acids is 1. The summed E-state index contributed by atoms with van der Waals surface area (Å²) in [5, 5.41) is 3.02. The van der Waals surface area contributed by atoms with Crippen LogP contribution >= 0.6 is 11.8 Å². The molecule has 2 heterocycles. The van der Waals surface area contributed by atoms with E-state index in [1.54, 1.807) is 18.2 Å². The number of nitrogens with zero attached hydrogens (tertiary/aromatic N) is 2. The molecule has 4 rings (SSSR count). The molecule has 7 nitrogen and oxygen atoms in total. The van der Waals surface area contributed by atoms with E-state index in [1.165, 1.54) is 11.8 Å². The third kappa shape index (κ3) is 4.38. The molecule has 2 aromatic carbocycles. The van der Waals surface area contributed by atoms with E-state index in [1.807, 2.05) is 50.2 Å². The average molecular weight is 405 g/mol. The Balaban J connectivity index is 1.49. The van der Waals surface area contributed by atoms with Crippen LogP contribution in [-0.4, -0.2) is 31.1 Å². The number of nitrogens with one attached hydrogen (secondary N) is 3. The van der Waals surface area contributed by atoms with E-state index < -0.39 is 5.25 Å². The summed E-state index contributed by atoms with van der Waals surface area (Å²) >= 11 is 1.30. The number of aromatic amines is 2. The van der Waals surface area contributed by atoms with Gasteiger partial charge in [-0.1, -0.05) is 42.1 Å². The highest BCUT2D eigenvalue weighted by Crippen LogP contribution is 2.25. The first kappa shape index (κ1) is 18.9. The molecule has 1 unspecified atom stereocenters. The van der Waals surface area contributed by atoms with Gasteiger partial charge in [-0.15, -0.1) is 0 Å². The summed E-state index contributed by atoms with van der Waals surface area (Å²) in [5.41, 5.74) is 4.34. The molecule has 1 atom stereocenters. The third-order valence-corrected chi connectivity index (χ3v) is 5.30. The zero-order chi connectivity index (χ0) is 20.4. The lowest BCUT2D eigenvalue weighted by Crippen LogP contribution is -2.22. The van der Waals surface area contributed by atoms with Crippen molar-refractivity contribution in [3.8, 4) is 11.3 Å². The number of amides is 1. The predicted octanol–water partition coefficient (Wildman–Crippen LogP) is 3.74. The van der Waals surface area contributed by atoms with Crippen LogP contribution in [0.4, 0.5) is 5.69 Å². The molecule has 29 heavy (non-hydrogen) atoms. The molecule has 0 saturated carbocycles. The van der Waals surface area contributed by atoms with Gasteiger partial charge in [-0.2, -0.15) is 0 Å². The fraction of sp³-hybridized carbons (Fsp3) is 0.143. The number of rotatable bonds is 5. The zero-order valence-electron chi connectivity index (χ0n) is 15.9. The lowest BCUT2D eigenvalue weighted by Gasteiger charge is -2.12. The maximum atomic E-state index is 12.6. The van der Waals surface area contributed by atoms with E-state index in [0.29, 0.717) is 21.9 Å². The number of hydrogen-bond donors (Lipinski definition) is 3. The van der Waals surface area contributed by atoms with Gasteiger partial charge in [0.15, 0.2) is 5.16 Å². The van der Waals surface area contributed by atoms with E-state index in [-0.39, 0.29) is 11.6 Å². The smallest absolute Gasteiger partial charge is 0.323 e. The number of thioether (sulfide) groups is 1. The van der Waals surface area contributed by atoms with Gasteiger partial charge in [-0.25, -0.2) is 14.8 Å². The first-order valence-corrected chi connectivity index (χ1v) is 9.96. The largest absolute Gasteiger partial charge is 0.325 e. The molecular weight excluding hydrogens is 386 g/mol. The minimum atomic E-state index is -0.401. The van der Waals surface area contributed by atoms with Crippen molar-refractivity contribution in [2.75, 3.05) is 5.32 Å². The van der Waals surface area contributed by atoms with E-state index in [4.69, 9.17) is 0 Å². The van der Waals surface area contributed by atoms with E-state index in [2.05, 4.69) is 25.3 Å². The topological polar surface area (TPSA) is 104 Å². The summed E-state index contributed by atoms with van der Waals surface area (Å²) in [6.45, 7) is 3.72. The second-order valence-corrected chi connectivity index (χ2v) is 7.94. The Labute approximate surface area is 171 Å². The summed E-state index contributed by atoms with van der Waals surface area (Å²) in [6, 6.07) is 17.0. The summed E-state index contributed by atoms with van der Waals surface area (Å²) in [6.07, 6.45) is 0. The van der Waals surface area contributed by atoms with Crippen LogP contribution in [0.5, 0.6) is 0 Å². The van der Waals surface area contributed by atoms with Gasteiger partial charge < -0.3 is 15.3 Å². The molecule has 8 heteroatoms. The van der Waals surface area contributed by atoms with Crippen molar-refractivity contribution in [3.63, 3.8) is 0 Å². The lowest BCUT2D eigenvalue weighted by molar-refractivity contribution is -0.115. The van der Waals surface area contributed by atoms with Crippen LogP contribution < -0.4 is 11.0 Å². The number of anilines is 1. The molecule has 2 aromatic heterocycles. The minimum absolute atomic E-state index is 0.168. The maximum absolute atomic E-state index is 12.6. The first-order valence-electron chi connectivity index (χ1n) is 9.08. The molecule has 0 aliphatic heterocycles. The molecule has 1 amide bonds.